The fourth-order valence-corrected chi connectivity index (χ4v) is 2.96. The highest BCUT2D eigenvalue weighted by atomic mass is 16.4. The fraction of sp³-hybridized carbons (Fsp3) is 0.158. The van der Waals surface area contributed by atoms with Crippen LogP contribution in [0.25, 0.3) is 10.9 Å². The maximum Gasteiger partial charge on any atom is 0.334 e. The predicted molar refractivity (Wildman–Crippen MR) is 91.8 cm³/mol. The molecule has 1 unspecified atom stereocenters. The van der Waals surface area contributed by atoms with Gasteiger partial charge in [-0.1, -0.05) is 43.3 Å². The molecule has 0 spiro atoms. The van der Waals surface area contributed by atoms with E-state index in [1.807, 2.05) is 12.1 Å². The molecule has 0 fully saturated rings. The third kappa shape index (κ3) is 2.54. The standard InChI is InChI=1S/C19H18N2O3/c1-2-19(18(23)24,13-7-4-3-5-8-13)21-17(22)15-9-6-10-16-14(15)11-12-20-16/h3-12,20H,2H2,1H3,(H,21,22)(H,23,24). The molecule has 1 heterocycles. The molecule has 24 heavy (non-hydrogen) atoms. The van der Waals surface area contributed by atoms with E-state index in [9.17, 15) is 14.7 Å². The Labute approximate surface area is 139 Å². The van der Waals surface area contributed by atoms with Crippen molar-refractivity contribution in [1.82, 2.24) is 10.3 Å². The summed E-state index contributed by atoms with van der Waals surface area (Å²) < 4.78 is 0. The van der Waals surface area contributed by atoms with Crippen molar-refractivity contribution in [1.29, 1.82) is 0 Å². The van der Waals surface area contributed by atoms with Crippen LogP contribution in [0, 0.1) is 0 Å². The Morgan fingerprint density at radius 2 is 1.83 bits per heavy atom. The molecule has 0 radical (unpaired) electrons. The molecule has 0 bridgehead atoms. The Bertz CT molecular complexity index is 886. The number of fused-ring (bicyclic) bond motifs is 1. The molecule has 2 aromatic carbocycles. The smallest absolute Gasteiger partial charge is 0.334 e. The number of H-pyrrole nitrogens is 1. The molecule has 1 atom stereocenters. The molecule has 3 rings (SSSR count). The molecule has 5 heteroatoms. The topological polar surface area (TPSA) is 82.2 Å². The Balaban J connectivity index is 2.03. The van der Waals surface area contributed by atoms with Crippen LogP contribution >= 0.6 is 0 Å². The molecule has 1 amide bonds. The Kier molecular flexibility index (Phi) is 4.08. The van der Waals surface area contributed by atoms with Crippen molar-refractivity contribution in [2.75, 3.05) is 0 Å². The van der Waals surface area contributed by atoms with Gasteiger partial charge < -0.3 is 15.4 Å². The molecule has 3 aromatic rings. The SMILES string of the molecule is CCC(NC(=O)c1cccc2[nH]ccc12)(C(=O)O)c1ccccc1. The van der Waals surface area contributed by atoms with E-state index in [4.69, 9.17) is 0 Å². The van der Waals surface area contributed by atoms with Crippen LogP contribution in [0.1, 0.15) is 29.3 Å². The number of hydrogen-bond acceptors (Lipinski definition) is 2. The summed E-state index contributed by atoms with van der Waals surface area (Å²) in [6.07, 6.45) is 1.99. The van der Waals surface area contributed by atoms with Crippen LogP contribution in [0.2, 0.25) is 0 Å². The fourth-order valence-electron chi connectivity index (χ4n) is 2.96. The average Bonchev–Trinajstić information content (AvgIpc) is 3.08. The van der Waals surface area contributed by atoms with E-state index in [0.717, 1.165) is 10.9 Å². The minimum atomic E-state index is -1.46. The number of carboxylic acids is 1. The first-order chi connectivity index (χ1) is 11.6. The molecule has 0 aliphatic heterocycles. The number of carboxylic acid groups (broad SMARTS) is 1. The Morgan fingerprint density at radius 1 is 1.08 bits per heavy atom. The second-order valence-corrected chi connectivity index (χ2v) is 5.63. The van der Waals surface area contributed by atoms with Crippen molar-refractivity contribution >= 4 is 22.8 Å². The van der Waals surface area contributed by atoms with Gasteiger partial charge in [0.2, 0.25) is 0 Å². The van der Waals surface area contributed by atoms with Gasteiger partial charge in [0.05, 0.1) is 0 Å². The van der Waals surface area contributed by atoms with Gasteiger partial charge in [-0.25, -0.2) is 4.79 Å². The second-order valence-electron chi connectivity index (χ2n) is 5.63. The number of aromatic nitrogens is 1. The van der Waals surface area contributed by atoms with Crippen molar-refractivity contribution < 1.29 is 14.7 Å². The number of carbonyl (C=O) groups is 2. The van der Waals surface area contributed by atoms with Crippen LogP contribution in [-0.4, -0.2) is 22.0 Å². The molecule has 122 valence electrons. The number of hydrogen-bond donors (Lipinski definition) is 3. The lowest BCUT2D eigenvalue weighted by molar-refractivity contribution is -0.145. The third-order valence-corrected chi connectivity index (χ3v) is 4.33. The molecule has 0 aliphatic carbocycles. The van der Waals surface area contributed by atoms with E-state index in [2.05, 4.69) is 10.3 Å². The Hall–Kier alpha value is -3.08. The van der Waals surface area contributed by atoms with E-state index < -0.39 is 17.4 Å². The third-order valence-electron chi connectivity index (χ3n) is 4.33. The van der Waals surface area contributed by atoms with Crippen LogP contribution in [0.3, 0.4) is 0 Å². The van der Waals surface area contributed by atoms with Crippen molar-refractivity contribution in [3.05, 3.63) is 71.9 Å². The lowest BCUT2D eigenvalue weighted by Crippen LogP contribution is -2.51. The summed E-state index contributed by atoms with van der Waals surface area (Å²) in [5, 5.41) is 13.3. The van der Waals surface area contributed by atoms with Gasteiger partial charge in [0.1, 0.15) is 0 Å². The molecule has 3 N–H and O–H groups in total. The van der Waals surface area contributed by atoms with E-state index in [1.165, 1.54) is 0 Å². The zero-order chi connectivity index (χ0) is 17.2. The highest BCUT2D eigenvalue weighted by molar-refractivity contribution is 6.07. The molecule has 0 aliphatic rings. The number of carbonyl (C=O) groups excluding carboxylic acids is 1. The Morgan fingerprint density at radius 3 is 2.50 bits per heavy atom. The van der Waals surface area contributed by atoms with Crippen LogP contribution in [0.5, 0.6) is 0 Å². The summed E-state index contributed by atoms with van der Waals surface area (Å²) in [6, 6.07) is 15.9. The number of rotatable bonds is 5. The second kappa shape index (κ2) is 6.20. The number of aromatic amines is 1. The number of amides is 1. The molecule has 0 saturated heterocycles. The van der Waals surface area contributed by atoms with Crippen molar-refractivity contribution in [3.8, 4) is 0 Å². The maximum atomic E-state index is 12.8. The molecule has 0 saturated carbocycles. The molecular weight excluding hydrogens is 304 g/mol. The first kappa shape index (κ1) is 15.8. The summed E-state index contributed by atoms with van der Waals surface area (Å²) in [7, 11) is 0. The van der Waals surface area contributed by atoms with E-state index in [1.54, 1.807) is 55.6 Å². The summed E-state index contributed by atoms with van der Waals surface area (Å²) in [4.78, 5) is 27.9. The maximum absolute atomic E-state index is 12.8. The minimum Gasteiger partial charge on any atom is -0.479 e. The predicted octanol–water partition coefficient (Wildman–Crippen LogP) is 3.29. The summed E-state index contributed by atoms with van der Waals surface area (Å²) in [5.41, 5.74) is 0.370. The van der Waals surface area contributed by atoms with Crippen LogP contribution < -0.4 is 5.32 Å². The number of benzene rings is 2. The van der Waals surface area contributed by atoms with Gasteiger partial charge in [0.15, 0.2) is 5.54 Å². The molecular formula is C19H18N2O3. The monoisotopic (exact) mass is 322 g/mol. The summed E-state index contributed by atoms with van der Waals surface area (Å²) >= 11 is 0. The van der Waals surface area contributed by atoms with Gasteiger partial charge in [-0.2, -0.15) is 0 Å². The number of nitrogens with one attached hydrogen (secondary N) is 2. The van der Waals surface area contributed by atoms with Gasteiger partial charge in [-0.15, -0.1) is 0 Å². The summed E-state index contributed by atoms with van der Waals surface area (Å²) in [6.45, 7) is 1.75. The zero-order valence-corrected chi connectivity index (χ0v) is 13.2. The van der Waals surface area contributed by atoms with Crippen molar-refractivity contribution in [2.45, 2.75) is 18.9 Å². The first-order valence-corrected chi connectivity index (χ1v) is 7.76. The molecule has 1 aromatic heterocycles. The highest BCUT2D eigenvalue weighted by Crippen LogP contribution is 2.27. The van der Waals surface area contributed by atoms with E-state index >= 15 is 0 Å². The molecule has 5 nitrogen and oxygen atoms in total. The largest absolute Gasteiger partial charge is 0.479 e. The first-order valence-electron chi connectivity index (χ1n) is 7.76. The van der Waals surface area contributed by atoms with Crippen LogP contribution in [0.4, 0.5) is 0 Å². The van der Waals surface area contributed by atoms with Gasteiger partial charge in [-0.05, 0) is 30.2 Å². The van der Waals surface area contributed by atoms with Gasteiger partial charge in [-0.3, -0.25) is 4.79 Å². The van der Waals surface area contributed by atoms with Gasteiger partial charge in [0.25, 0.3) is 5.91 Å². The average molecular weight is 322 g/mol. The van der Waals surface area contributed by atoms with E-state index in [-0.39, 0.29) is 6.42 Å². The highest BCUT2D eigenvalue weighted by Gasteiger charge is 2.40. The van der Waals surface area contributed by atoms with Gasteiger partial charge >= 0.3 is 5.97 Å². The lowest BCUT2D eigenvalue weighted by atomic mass is 9.86. The van der Waals surface area contributed by atoms with Crippen LogP contribution in [-0.2, 0) is 10.3 Å². The summed E-state index contributed by atoms with van der Waals surface area (Å²) in [5.74, 6) is -1.49. The quantitative estimate of drug-likeness (QED) is 0.674. The zero-order valence-electron chi connectivity index (χ0n) is 13.2. The van der Waals surface area contributed by atoms with Crippen molar-refractivity contribution in [3.63, 3.8) is 0 Å². The van der Waals surface area contributed by atoms with Crippen LogP contribution in [0.15, 0.2) is 60.8 Å². The number of aliphatic carboxylic acids is 1. The van der Waals surface area contributed by atoms with Gasteiger partial charge in [0, 0.05) is 22.7 Å². The minimum absolute atomic E-state index is 0.237. The van der Waals surface area contributed by atoms with E-state index in [0.29, 0.717) is 11.1 Å². The van der Waals surface area contributed by atoms with Crippen molar-refractivity contribution in [2.24, 2.45) is 0 Å². The normalized spacial score (nSPS) is 13.4. The lowest BCUT2D eigenvalue weighted by Gasteiger charge is -2.30.